The predicted octanol–water partition coefficient (Wildman–Crippen LogP) is 14.0. The molecule has 1 fully saturated rings. The Morgan fingerprint density at radius 3 is 0.548 bits per heavy atom. The van der Waals surface area contributed by atoms with Gasteiger partial charge >= 0.3 is 0 Å². The van der Waals surface area contributed by atoms with Gasteiger partial charge in [-0.05, 0) is 38.5 Å². The van der Waals surface area contributed by atoms with E-state index in [4.69, 9.17) is 14.2 Å². The summed E-state index contributed by atoms with van der Waals surface area (Å²) in [5.41, 5.74) is 0. The molecule has 0 aromatic carbocycles. The Labute approximate surface area is 265 Å². The highest BCUT2D eigenvalue weighted by molar-refractivity contribution is 4.90. The van der Waals surface area contributed by atoms with Crippen molar-refractivity contribution in [2.75, 3.05) is 0 Å². The molecule has 42 heavy (non-hydrogen) atoms. The molecule has 0 amide bonds. The van der Waals surface area contributed by atoms with Crippen molar-refractivity contribution in [3.05, 3.63) is 0 Å². The molecule has 1 aliphatic rings. The number of hydrogen-bond acceptors (Lipinski definition) is 3. The zero-order chi connectivity index (χ0) is 30.8. The fourth-order valence-corrected chi connectivity index (χ4v) is 6.99. The lowest BCUT2D eigenvalue weighted by Gasteiger charge is -2.57. The Morgan fingerprint density at radius 2 is 0.405 bits per heavy atom. The largest absolute Gasteiger partial charge is 0.318 e. The maximum absolute atomic E-state index is 7.45. The molecule has 0 saturated carbocycles. The van der Waals surface area contributed by atoms with Crippen molar-refractivity contribution in [3.63, 3.8) is 0 Å². The van der Waals surface area contributed by atoms with Gasteiger partial charge in [0.05, 0.1) is 0 Å². The molecule has 3 nitrogen and oxygen atoms in total. The molecule has 1 saturated heterocycles. The van der Waals surface area contributed by atoms with Gasteiger partial charge in [0.25, 0.3) is 0 Å². The van der Waals surface area contributed by atoms with Crippen LogP contribution >= 0.6 is 0 Å². The molecule has 1 heterocycles. The van der Waals surface area contributed by atoms with E-state index in [1.54, 1.807) is 0 Å². The molecule has 252 valence electrons. The van der Waals surface area contributed by atoms with Crippen LogP contribution in [0.2, 0.25) is 0 Å². The van der Waals surface area contributed by atoms with Crippen LogP contribution in [-0.2, 0) is 14.2 Å². The molecule has 0 atom stereocenters. The Bertz CT molecular complexity index is 459. The van der Waals surface area contributed by atoms with E-state index >= 15 is 0 Å². The average molecular weight is 595 g/mol. The summed E-state index contributed by atoms with van der Waals surface area (Å²) in [5.74, 6) is -1.49. The topological polar surface area (TPSA) is 27.7 Å². The summed E-state index contributed by atoms with van der Waals surface area (Å²) in [4.78, 5) is 0. The van der Waals surface area contributed by atoms with Gasteiger partial charge in [-0.15, -0.1) is 0 Å². The van der Waals surface area contributed by atoms with Crippen molar-refractivity contribution in [2.45, 2.75) is 252 Å². The number of rotatable bonds is 30. The van der Waals surface area contributed by atoms with Gasteiger partial charge in [-0.3, -0.25) is 0 Å². The second kappa shape index (κ2) is 25.1. The second-order valence-electron chi connectivity index (χ2n) is 13.9. The van der Waals surface area contributed by atoms with Crippen LogP contribution in [0.1, 0.15) is 234 Å². The van der Waals surface area contributed by atoms with Crippen LogP contribution in [0, 0.1) is 0 Å². The van der Waals surface area contributed by atoms with Gasteiger partial charge in [0.1, 0.15) is 0 Å². The van der Waals surface area contributed by atoms with E-state index in [1.807, 2.05) is 0 Å². The van der Waals surface area contributed by atoms with E-state index in [1.165, 1.54) is 154 Å². The molecule has 0 radical (unpaired) electrons. The minimum absolute atomic E-state index is 0.495. The molecular formula is C39H78O3. The van der Waals surface area contributed by atoms with E-state index < -0.39 is 17.4 Å². The van der Waals surface area contributed by atoms with Crippen molar-refractivity contribution < 1.29 is 14.2 Å². The lowest BCUT2D eigenvalue weighted by molar-refractivity contribution is -0.517. The van der Waals surface area contributed by atoms with E-state index in [9.17, 15) is 0 Å². The molecule has 0 N–H and O–H groups in total. The summed E-state index contributed by atoms with van der Waals surface area (Å²) in [6, 6.07) is 0. The summed E-state index contributed by atoms with van der Waals surface area (Å²) < 4.78 is 22.3. The molecule has 0 aromatic rings. The zero-order valence-corrected chi connectivity index (χ0v) is 29.9. The van der Waals surface area contributed by atoms with Crippen molar-refractivity contribution >= 4 is 0 Å². The van der Waals surface area contributed by atoms with Gasteiger partial charge in [-0.1, -0.05) is 157 Å². The Kier molecular flexibility index (Phi) is 23.9. The van der Waals surface area contributed by atoms with E-state index in [2.05, 4.69) is 41.5 Å². The summed E-state index contributed by atoms with van der Waals surface area (Å²) in [5, 5.41) is 0. The molecule has 1 rings (SSSR count). The zero-order valence-electron chi connectivity index (χ0n) is 29.9. The van der Waals surface area contributed by atoms with Crippen LogP contribution in [-0.4, -0.2) is 17.4 Å². The first-order valence-electron chi connectivity index (χ1n) is 19.6. The fraction of sp³-hybridized carbons (Fsp3) is 1.00. The minimum atomic E-state index is -0.495. The van der Waals surface area contributed by atoms with Crippen molar-refractivity contribution in [1.82, 2.24) is 0 Å². The standard InChI is InChI=1S/C39H78O3/c1-7-13-19-25-31-37(32-26-20-14-8-2)40-38(33-27-21-15-9-3,34-28-22-16-10-4)42-39(41-37,35-29-23-17-11-5)36-30-24-18-12-6/h7-36H2,1-6H3. The van der Waals surface area contributed by atoms with Crippen LogP contribution in [0.4, 0.5) is 0 Å². The van der Waals surface area contributed by atoms with Gasteiger partial charge < -0.3 is 14.2 Å². The number of hydrogen-bond donors (Lipinski definition) is 0. The first kappa shape index (κ1) is 39.9. The van der Waals surface area contributed by atoms with Crippen molar-refractivity contribution in [2.24, 2.45) is 0 Å². The molecule has 0 bridgehead atoms. The Hall–Kier alpha value is -0.120. The average Bonchev–Trinajstić information content (AvgIpc) is 2.99. The third kappa shape index (κ3) is 16.8. The van der Waals surface area contributed by atoms with Gasteiger partial charge in [-0.2, -0.15) is 0 Å². The number of unbranched alkanes of at least 4 members (excludes halogenated alkanes) is 18. The van der Waals surface area contributed by atoms with Gasteiger partial charge in [0.15, 0.2) is 17.4 Å². The highest BCUT2D eigenvalue weighted by Gasteiger charge is 2.56. The van der Waals surface area contributed by atoms with Gasteiger partial charge in [0.2, 0.25) is 0 Å². The molecule has 0 spiro atoms. The summed E-state index contributed by atoms with van der Waals surface area (Å²) in [6.07, 6.45) is 36.5. The molecule has 0 unspecified atom stereocenters. The minimum Gasteiger partial charge on any atom is -0.318 e. The highest BCUT2D eigenvalue weighted by atomic mass is 16.9. The first-order chi connectivity index (χ1) is 20.5. The molecular weight excluding hydrogens is 516 g/mol. The summed E-state index contributed by atoms with van der Waals surface area (Å²) in [7, 11) is 0. The molecule has 3 heteroatoms. The predicted molar refractivity (Wildman–Crippen MR) is 184 cm³/mol. The quantitative estimate of drug-likeness (QED) is 0.0774. The van der Waals surface area contributed by atoms with Crippen LogP contribution in [0.15, 0.2) is 0 Å². The van der Waals surface area contributed by atoms with E-state index in [-0.39, 0.29) is 0 Å². The smallest absolute Gasteiger partial charge is 0.175 e. The fourth-order valence-electron chi connectivity index (χ4n) is 6.99. The van der Waals surface area contributed by atoms with E-state index in [0.29, 0.717) is 0 Å². The van der Waals surface area contributed by atoms with Crippen LogP contribution in [0.3, 0.4) is 0 Å². The van der Waals surface area contributed by atoms with Crippen molar-refractivity contribution in [1.29, 1.82) is 0 Å². The molecule has 0 aromatic heterocycles. The Morgan fingerprint density at radius 1 is 0.238 bits per heavy atom. The normalized spacial score (nSPS) is 17.6. The van der Waals surface area contributed by atoms with Crippen molar-refractivity contribution in [3.8, 4) is 0 Å². The van der Waals surface area contributed by atoms with E-state index in [0.717, 1.165) is 38.5 Å². The second-order valence-corrected chi connectivity index (χ2v) is 13.9. The summed E-state index contributed by atoms with van der Waals surface area (Å²) in [6.45, 7) is 13.9. The maximum atomic E-state index is 7.45. The SMILES string of the molecule is CCCCCCC1(CCCCCC)OC(CCCCCC)(CCCCCC)OC(CCCCCC)(CCCCCC)O1. The highest BCUT2D eigenvalue weighted by Crippen LogP contribution is 2.50. The van der Waals surface area contributed by atoms with Crippen LogP contribution in [0.25, 0.3) is 0 Å². The molecule has 1 aliphatic heterocycles. The Balaban J connectivity index is 3.48. The maximum Gasteiger partial charge on any atom is 0.175 e. The monoisotopic (exact) mass is 595 g/mol. The lowest BCUT2D eigenvalue weighted by Crippen LogP contribution is -2.62. The van der Waals surface area contributed by atoms with Gasteiger partial charge in [-0.25, -0.2) is 0 Å². The lowest BCUT2D eigenvalue weighted by atomic mass is 9.91. The third-order valence-electron chi connectivity index (χ3n) is 9.58. The molecule has 0 aliphatic carbocycles. The van der Waals surface area contributed by atoms with Gasteiger partial charge in [0, 0.05) is 38.5 Å². The number of ether oxygens (including phenoxy) is 3. The van der Waals surface area contributed by atoms with Crippen LogP contribution < -0.4 is 0 Å². The summed E-state index contributed by atoms with van der Waals surface area (Å²) >= 11 is 0. The first-order valence-corrected chi connectivity index (χ1v) is 19.6. The van der Waals surface area contributed by atoms with Crippen LogP contribution in [0.5, 0.6) is 0 Å². The third-order valence-corrected chi connectivity index (χ3v) is 9.58.